The molecule has 1 fully saturated rings. The number of likely N-dealkylation sites (tertiary alicyclic amines) is 1. The van der Waals surface area contributed by atoms with E-state index in [0.29, 0.717) is 31.8 Å². The Labute approximate surface area is 184 Å². The Morgan fingerprint density at radius 3 is 2.77 bits per heavy atom. The SMILES string of the molecule is CCNC(=NCC1CC(=O)N(CCc2ccccc2)C1)NCCc1nc(C(C)C)no1. The molecule has 168 valence electrons. The Morgan fingerprint density at radius 1 is 1.26 bits per heavy atom. The van der Waals surface area contributed by atoms with Crippen LogP contribution in [0.3, 0.4) is 0 Å². The number of aliphatic imine (C=N–C) groups is 1. The minimum atomic E-state index is 0.228. The molecule has 8 nitrogen and oxygen atoms in total. The zero-order chi connectivity index (χ0) is 22.1. The van der Waals surface area contributed by atoms with Crippen molar-refractivity contribution in [2.45, 2.75) is 46.0 Å². The molecule has 1 saturated heterocycles. The van der Waals surface area contributed by atoms with E-state index in [-0.39, 0.29) is 17.7 Å². The monoisotopic (exact) mass is 426 g/mol. The Hall–Kier alpha value is -2.90. The molecule has 2 N–H and O–H groups in total. The number of hydrogen-bond acceptors (Lipinski definition) is 5. The lowest BCUT2D eigenvalue weighted by molar-refractivity contribution is -0.127. The molecule has 2 heterocycles. The average Bonchev–Trinajstić information content (AvgIpc) is 3.38. The van der Waals surface area contributed by atoms with E-state index in [1.165, 1.54) is 5.56 Å². The molecular formula is C23H34N6O2. The summed E-state index contributed by atoms with van der Waals surface area (Å²) in [5, 5.41) is 10.6. The van der Waals surface area contributed by atoms with Crippen LogP contribution in [-0.2, 0) is 17.6 Å². The van der Waals surface area contributed by atoms with Crippen LogP contribution in [0.15, 0.2) is 39.8 Å². The Bertz CT molecular complexity index is 849. The minimum Gasteiger partial charge on any atom is -0.357 e. The van der Waals surface area contributed by atoms with Crippen molar-refractivity contribution < 1.29 is 9.32 Å². The first-order valence-electron chi connectivity index (χ1n) is 11.2. The van der Waals surface area contributed by atoms with Crippen LogP contribution in [0.5, 0.6) is 0 Å². The van der Waals surface area contributed by atoms with E-state index < -0.39 is 0 Å². The van der Waals surface area contributed by atoms with E-state index in [9.17, 15) is 4.79 Å². The van der Waals surface area contributed by atoms with Gasteiger partial charge in [0.05, 0.1) is 0 Å². The third-order valence-electron chi connectivity index (χ3n) is 5.29. The molecule has 1 aromatic heterocycles. The molecule has 1 aliphatic heterocycles. The lowest BCUT2D eigenvalue weighted by atomic mass is 10.1. The van der Waals surface area contributed by atoms with Crippen LogP contribution in [0.4, 0.5) is 0 Å². The van der Waals surface area contributed by atoms with Crippen molar-refractivity contribution in [2.24, 2.45) is 10.9 Å². The number of hydrogen-bond donors (Lipinski definition) is 2. The van der Waals surface area contributed by atoms with Crippen molar-refractivity contribution in [3.8, 4) is 0 Å². The number of aromatic nitrogens is 2. The predicted octanol–water partition coefficient (Wildman–Crippen LogP) is 2.38. The molecule has 1 atom stereocenters. The summed E-state index contributed by atoms with van der Waals surface area (Å²) < 4.78 is 5.28. The van der Waals surface area contributed by atoms with Crippen LogP contribution in [0.1, 0.15) is 50.4 Å². The first-order chi connectivity index (χ1) is 15.0. The molecule has 1 aromatic carbocycles. The van der Waals surface area contributed by atoms with Gasteiger partial charge in [-0.3, -0.25) is 9.79 Å². The zero-order valence-corrected chi connectivity index (χ0v) is 18.8. The maximum atomic E-state index is 12.4. The zero-order valence-electron chi connectivity index (χ0n) is 18.8. The van der Waals surface area contributed by atoms with E-state index in [2.05, 4.69) is 32.9 Å². The van der Waals surface area contributed by atoms with Gasteiger partial charge in [0.25, 0.3) is 0 Å². The lowest BCUT2D eigenvalue weighted by Gasteiger charge is -2.16. The van der Waals surface area contributed by atoms with E-state index in [0.717, 1.165) is 37.8 Å². The van der Waals surface area contributed by atoms with Gasteiger partial charge in [-0.15, -0.1) is 0 Å². The van der Waals surface area contributed by atoms with Crippen LogP contribution in [0, 0.1) is 5.92 Å². The molecule has 1 unspecified atom stereocenters. The first kappa shape index (κ1) is 22.8. The lowest BCUT2D eigenvalue weighted by Crippen LogP contribution is -2.38. The third kappa shape index (κ3) is 7.08. The third-order valence-corrected chi connectivity index (χ3v) is 5.29. The van der Waals surface area contributed by atoms with Crippen LogP contribution in [0.25, 0.3) is 0 Å². The van der Waals surface area contributed by atoms with Crippen molar-refractivity contribution in [3.05, 3.63) is 47.6 Å². The molecule has 8 heteroatoms. The van der Waals surface area contributed by atoms with E-state index in [1.807, 2.05) is 43.9 Å². The summed E-state index contributed by atoms with van der Waals surface area (Å²) in [5.41, 5.74) is 1.26. The van der Waals surface area contributed by atoms with Crippen molar-refractivity contribution in [3.63, 3.8) is 0 Å². The quantitative estimate of drug-likeness (QED) is 0.447. The number of guanidine groups is 1. The first-order valence-corrected chi connectivity index (χ1v) is 11.2. The summed E-state index contributed by atoms with van der Waals surface area (Å²) in [4.78, 5) is 23.4. The fraction of sp³-hybridized carbons (Fsp3) is 0.565. The standard InChI is InChI=1S/C23H34N6O2/c1-4-24-23(25-12-10-20-27-22(17(2)3)28-31-20)26-15-19-14-21(30)29(16-19)13-11-18-8-6-5-7-9-18/h5-9,17,19H,4,10-16H2,1-3H3,(H2,24,25,26). The Kier molecular flexibility index (Phi) is 8.44. The number of carbonyl (C=O) groups excluding carboxylic acids is 1. The molecule has 0 aliphatic carbocycles. The van der Waals surface area contributed by atoms with Crippen LogP contribution in [-0.4, -0.2) is 59.6 Å². The number of carbonyl (C=O) groups is 1. The van der Waals surface area contributed by atoms with Crippen molar-refractivity contribution in [2.75, 3.05) is 32.7 Å². The van der Waals surface area contributed by atoms with Gasteiger partial charge >= 0.3 is 0 Å². The molecule has 0 spiro atoms. The average molecular weight is 427 g/mol. The molecule has 2 aromatic rings. The second kappa shape index (κ2) is 11.5. The molecule has 1 amide bonds. The highest BCUT2D eigenvalue weighted by molar-refractivity contribution is 5.80. The van der Waals surface area contributed by atoms with Crippen LogP contribution >= 0.6 is 0 Å². The van der Waals surface area contributed by atoms with Crippen molar-refractivity contribution in [1.82, 2.24) is 25.7 Å². The molecule has 0 radical (unpaired) electrons. The molecule has 1 aliphatic rings. The maximum Gasteiger partial charge on any atom is 0.228 e. The fourth-order valence-corrected chi connectivity index (χ4v) is 3.56. The molecule has 0 bridgehead atoms. The molecule has 31 heavy (non-hydrogen) atoms. The van der Waals surface area contributed by atoms with E-state index in [4.69, 9.17) is 9.52 Å². The van der Waals surface area contributed by atoms with Gasteiger partial charge in [-0.25, -0.2) is 0 Å². The molecule has 0 saturated carbocycles. The second-order valence-electron chi connectivity index (χ2n) is 8.24. The summed E-state index contributed by atoms with van der Waals surface area (Å²) in [6, 6.07) is 10.3. The van der Waals surface area contributed by atoms with Gasteiger partial charge in [0.15, 0.2) is 11.8 Å². The topological polar surface area (TPSA) is 95.7 Å². The van der Waals surface area contributed by atoms with Gasteiger partial charge in [0.2, 0.25) is 11.8 Å². The van der Waals surface area contributed by atoms with Crippen molar-refractivity contribution in [1.29, 1.82) is 0 Å². The Morgan fingerprint density at radius 2 is 2.06 bits per heavy atom. The van der Waals surface area contributed by atoms with E-state index in [1.54, 1.807) is 0 Å². The van der Waals surface area contributed by atoms with Gasteiger partial charge in [-0.2, -0.15) is 4.98 Å². The highest BCUT2D eigenvalue weighted by Gasteiger charge is 2.29. The van der Waals surface area contributed by atoms with Gasteiger partial charge in [0.1, 0.15) is 0 Å². The second-order valence-corrected chi connectivity index (χ2v) is 8.24. The summed E-state index contributed by atoms with van der Waals surface area (Å²) in [5.74, 6) is 2.85. The van der Waals surface area contributed by atoms with Gasteiger partial charge in [-0.1, -0.05) is 49.3 Å². The molecule has 3 rings (SSSR count). The number of rotatable bonds is 10. The Balaban J connectivity index is 1.44. The van der Waals surface area contributed by atoms with Gasteiger partial charge in [0, 0.05) is 57.4 Å². The summed E-state index contributed by atoms with van der Waals surface area (Å²) in [6.45, 7) is 9.71. The number of amides is 1. The smallest absolute Gasteiger partial charge is 0.228 e. The van der Waals surface area contributed by atoms with Gasteiger partial charge < -0.3 is 20.1 Å². The largest absolute Gasteiger partial charge is 0.357 e. The van der Waals surface area contributed by atoms with Gasteiger partial charge in [-0.05, 0) is 18.9 Å². The summed E-state index contributed by atoms with van der Waals surface area (Å²) in [6.07, 6.45) is 2.10. The number of nitrogens with one attached hydrogen (secondary N) is 2. The number of nitrogens with zero attached hydrogens (tertiary/aromatic N) is 4. The van der Waals surface area contributed by atoms with Crippen LogP contribution < -0.4 is 10.6 Å². The highest BCUT2D eigenvalue weighted by Crippen LogP contribution is 2.18. The number of benzene rings is 1. The normalized spacial score (nSPS) is 16.9. The van der Waals surface area contributed by atoms with E-state index >= 15 is 0 Å². The van der Waals surface area contributed by atoms with Crippen LogP contribution in [0.2, 0.25) is 0 Å². The van der Waals surface area contributed by atoms with Crippen molar-refractivity contribution >= 4 is 11.9 Å². The maximum absolute atomic E-state index is 12.4. The highest BCUT2D eigenvalue weighted by atomic mass is 16.5. The predicted molar refractivity (Wildman–Crippen MR) is 121 cm³/mol. The molecular weight excluding hydrogens is 392 g/mol. The minimum absolute atomic E-state index is 0.228. The summed E-state index contributed by atoms with van der Waals surface area (Å²) in [7, 11) is 0. The fourth-order valence-electron chi connectivity index (χ4n) is 3.56. The summed E-state index contributed by atoms with van der Waals surface area (Å²) >= 11 is 0.